The number of carbonyl (C=O) groups excluding carboxylic acids is 1. The molecule has 2 rings (SSSR count). The number of nitrogens with two attached hydrogens (primary N) is 1. The summed E-state index contributed by atoms with van der Waals surface area (Å²) in [7, 11) is 0. The Morgan fingerprint density at radius 1 is 1.25 bits per heavy atom. The maximum Gasteiger partial charge on any atom is 0.314 e. The van der Waals surface area contributed by atoms with Crippen LogP contribution < -0.4 is 11.1 Å². The van der Waals surface area contributed by atoms with Gasteiger partial charge in [0, 0.05) is 25.2 Å². The molecule has 0 saturated carbocycles. The van der Waals surface area contributed by atoms with E-state index >= 15 is 0 Å². The molecule has 1 fully saturated rings. The average Bonchev–Trinajstić information content (AvgIpc) is 2.46. The van der Waals surface area contributed by atoms with Gasteiger partial charge in [0.05, 0.1) is 0 Å². The first-order valence-electron chi connectivity index (χ1n) is 7.43. The SMILES string of the molecule is CC(C)C(NC1CCN(C(N)=O)CC1)c1ccccc1. The van der Waals surface area contributed by atoms with Crippen LogP contribution in [0.3, 0.4) is 0 Å². The van der Waals surface area contributed by atoms with Crippen molar-refractivity contribution >= 4 is 6.03 Å². The summed E-state index contributed by atoms with van der Waals surface area (Å²) in [5.74, 6) is 0.534. The van der Waals surface area contributed by atoms with Gasteiger partial charge in [0.1, 0.15) is 0 Å². The number of carbonyl (C=O) groups is 1. The minimum atomic E-state index is -0.299. The van der Waals surface area contributed by atoms with Crippen molar-refractivity contribution in [2.45, 2.75) is 38.8 Å². The summed E-state index contributed by atoms with van der Waals surface area (Å²) in [6, 6.07) is 11.1. The molecule has 0 aliphatic carbocycles. The van der Waals surface area contributed by atoms with Crippen LogP contribution in [-0.4, -0.2) is 30.1 Å². The molecule has 0 aromatic heterocycles. The second-order valence-corrected chi connectivity index (χ2v) is 5.90. The third-order valence-corrected chi connectivity index (χ3v) is 4.05. The predicted octanol–water partition coefficient (Wildman–Crippen LogP) is 2.52. The summed E-state index contributed by atoms with van der Waals surface area (Å²) in [6.45, 7) is 5.99. The van der Waals surface area contributed by atoms with Gasteiger partial charge < -0.3 is 16.0 Å². The minimum Gasteiger partial charge on any atom is -0.351 e. The molecule has 1 heterocycles. The number of hydrogen-bond acceptors (Lipinski definition) is 2. The van der Waals surface area contributed by atoms with E-state index in [0.717, 1.165) is 25.9 Å². The van der Waals surface area contributed by atoms with Crippen LogP contribution in [0.4, 0.5) is 4.79 Å². The summed E-state index contributed by atoms with van der Waals surface area (Å²) in [4.78, 5) is 12.9. The third kappa shape index (κ3) is 3.73. The fourth-order valence-electron chi connectivity index (χ4n) is 2.85. The second kappa shape index (κ2) is 6.75. The molecular weight excluding hydrogens is 250 g/mol. The zero-order chi connectivity index (χ0) is 14.5. The van der Waals surface area contributed by atoms with E-state index < -0.39 is 0 Å². The van der Waals surface area contributed by atoms with Gasteiger partial charge >= 0.3 is 6.03 Å². The highest BCUT2D eigenvalue weighted by Gasteiger charge is 2.25. The number of amides is 2. The number of nitrogens with one attached hydrogen (secondary N) is 1. The molecule has 1 aliphatic rings. The molecular formula is C16H25N3O. The van der Waals surface area contributed by atoms with Crippen molar-refractivity contribution < 1.29 is 4.79 Å². The first kappa shape index (κ1) is 14.9. The molecule has 20 heavy (non-hydrogen) atoms. The van der Waals surface area contributed by atoms with E-state index in [2.05, 4.69) is 43.4 Å². The summed E-state index contributed by atoms with van der Waals surface area (Å²) in [6.07, 6.45) is 1.94. The Bertz CT molecular complexity index is 425. The molecule has 2 amide bonds. The van der Waals surface area contributed by atoms with Gasteiger partial charge in [0.15, 0.2) is 0 Å². The van der Waals surface area contributed by atoms with Crippen molar-refractivity contribution in [3.63, 3.8) is 0 Å². The van der Waals surface area contributed by atoms with E-state index in [9.17, 15) is 4.79 Å². The van der Waals surface area contributed by atoms with Crippen molar-refractivity contribution in [3.05, 3.63) is 35.9 Å². The molecule has 110 valence electrons. The standard InChI is InChI=1S/C16H25N3O/c1-12(2)15(13-6-4-3-5-7-13)18-14-8-10-19(11-9-14)16(17)20/h3-7,12,14-15,18H,8-11H2,1-2H3,(H2,17,20). The van der Waals surface area contributed by atoms with Gasteiger partial charge in [-0.05, 0) is 24.3 Å². The first-order chi connectivity index (χ1) is 9.58. The van der Waals surface area contributed by atoms with Crippen LogP contribution in [0.5, 0.6) is 0 Å². The van der Waals surface area contributed by atoms with E-state index in [0.29, 0.717) is 18.0 Å². The summed E-state index contributed by atoms with van der Waals surface area (Å²) >= 11 is 0. The Balaban J connectivity index is 1.95. The maximum absolute atomic E-state index is 11.1. The smallest absolute Gasteiger partial charge is 0.314 e. The van der Waals surface area contributed by atoms with Crippen molar-refractivity contribution in [1.29, 1.82) is 0 Å². The maximum atomic E-state index is 11.1. The number of nitrogens with zero attached hydrogens (tertiary/aromatic N) is 1. The zero-order valence-electron chi connectivity index (χ0n) is 12.4. The Labute approximate surface area is 121 Å². The van der Waals surface area contributed by atoms with E-state index in [4.69, 9.17) is 5.73 Å². The van der Waals surface area contributed by atoms with Crippen molar-refractivity contribution in [3.8, 4) is 0 Å². The van der Waals surface area contributed by atoms with Gasteiger partial charge in [-0.2, -0.15) is 0 Å². The van der Waals surface area contributed by atoms with Crippen LogP contribution in [0.2, 0.25) is 0 Å². The van der Waals surface area contributed by atoms with Gasteiger partial charge in [-0.3, -0.25) is 0 Å². The molecule has 1 unspecified atom stereocenters. The molecule has 0 radical (unpaired) electrons. The topological polar surface area (TPSA) is 58.4 Å². The molecule has 0 spiro atoms. The van der Waals surface area contributed by atoms with E-state index in [1.54, 1.807) is 4.90 Å². The molecule has 4 nitrogen and oxygen atoms in total. The normalized spacial score (nSPS) is 18.2. The summed E-state index contributed by atoms with van der Waals surface area (Å²) in [5.41, 5.74) is 6.65. The monoisotopic (exact) mass is 275 g/mol. The molecule has 0 bridgehead atoms. The van der Waals surface area contributed by atoms with Gasteiger partial charge in [-0.25, -0.2) is 4.79 Å². The van der Waals surface area contributed by atoms with Crippen LogP contribution in [0.25, 0.3) is 0 Å². The number of primary amides is 1. The summed E-state index contributed by atoms with van der Waals surface area (Å²) in [5, 5.41) is 3.75. The first-order valence-corrected chi connectivity index (χ1v) is 7.43. The van der Waals surface area contributed by atoms with Gasteiger partial charge in [-0.1, -0.05) is 44.2 Å². The Morgan fingerprint density at radius 2 is 1.85 bits per heavy atom. The molecule has 1 aromatic carbocycles. The van der Waals surface area contributed by atoms with E-state index in [-0.39, 0.29) is 6.03 Å². The van der Waals surface area contributed by atoms with Crippen LogP contribution in [0.15, 0.2) is 30.3 Å². The number of likely N-dealkylation sites (tertiary alicyclic amines) is 1. The highest BCUT2D eigenvalue weighted by molar-refractivity contribution is 5.72. The highest BCUT2D eigenvalue weighted by atomic mass is 16.2. The number of benzene rings is 1. The number of hydrogen-bond donors (Lipinski definition) is 2. The van der Waals surface area contributed by atoms with Crippen LogP contribution in [0, 0.1) is 5.92 Å². The van der Waals surface area contributed by atoms with Gasteiger partial charge in [0.2, 0.25) is 0 Å². The number of piperidine rings is 1. The predicted molar refractivity (Wildman–Crippen MR) is 81.3 cm³/mol. The fourth-order valence-corrected chi connectivity index (χ4v) is 2.85. The van der Waals surface area contributed by atoms with Crippen molar-refractivity contribution in [1.82, 2.24) is 10.2 Å². The number of urea groups is 1. The molecule has 1 atom stereocenters. The third-order valence-electron chi connectivity index (χ3n) is 4.05. The summed E-state index contributed by atoms with van der Waals surface area (Å²) < 4.78 is 0. The highest BCUT2D eigenvalue weighted by Crippen LogP contribution is 2.24. The Morgan fingerprint density at radius 3 is 2.35 bits per heavy atom. The average molecular weight is 275 g/mol. The molecule has 3 N–H and O–H groups in total. The zero-order valence-corrected chi connectivity index (χ0v) is 12.4. The fraction of sp³-hybridized carbons (Fsp3) is 0.562. The minimum absolute atomic E-state index is 0.299. The van der Waals surface area contributed by atoms with Crippen molar-refractivity contribution in [2.24, 2.45) is 11.7 Å². The van der Waals surface area contributed by atoms with Crippen LogP contribution >= 0.6 is 0 Å². The van der Waals surface area contributed by atoms with Gasteiger partial charge in [0.25, 0.3) is 0 Å². The Kier molecular flexibility index (Phi) is 5.01. The molecule has 1 saturated heterocycles. The lowest BCUT2D eigenvalue weighted by atomic mass is 9.93. The number of rotatable bonds is 4. The van der Waals surface area contributed by atoms with Gasteiger partial charge in [-0.15, -0.1) is 0 Å². The molecule has 1 aliphatic heterocycles. The lowest BCUT2D eigenvalue weighted by molar-refractivity contribution is 0.179. The van der Waals surface area contributed by atoms with E-state index in [1.165, 1.54) is 5.56 Å². The Hall–Kier alpha value is -1.55. The van der Waals surface area contributed by atoms with Crippen LogP contribution in [-0.2, 0) is 0 Å². The second-order valence-electron chi connectivity index (χ2n) is 5.90. The lowest BCUT2D eigenvalue weighted by Gasteiger charge is -2.35. The molecule has 1 aromatic rings. The van der Waals surface area contributed by atoms with Crippen LogP contribution in [0.1, 0.15) is 38.3 Å². The largest absolute Gasteiger partial charge is 0.351 e. The lowest BCUT2D eigenvalue weighted by Crippen LogP contribution is -2.48. The quantitative estimate of drug-likeness (QED) is 0.887. The van der Waals surface area contributed by atoms with Crippen molar-refractivity contribution in [2.75, 3.05) is 13.1 Å². The van der Waals surface area contributed by atoms with E-state index in [1.807, 2.05) is 6.07 Å². The molecule has 4 heteroatoms.